The first kappa shape index (κ1) is 22.1. The Kier molecular flexibility index (Phi) is 5.15. The van der Waals surface area contributed by atoms with Crippen LogP contribution in [-0.2, 0) is 17.4 Å². The molecule has 0 radical (unpaired) electrons. The Labute approximate surface area is 197 Å². The number of hydrogen-bond acceptors (Lipinski definition) is 0. The number of hydrogen-bond donors (Lipinski definition) is 0. The first-order valence-electron chi connectivity index (χ1n) is 12.6. The molecule has 0 fully saturated rings. The van der Waals surface area contributed by atoms with E-state index < -0.39 is 0 Å². The van der Waals surface area contributed by atoms with E-state index in [1.54, 1.807) is 6.07 Å². The standard InChI is InChI=1S/C30H36FN2/c1-7-10-11-21-12-15-26(31)24(18-21)22-13-14-25-27-23(22)16-17-32-19-20(4)33(28(27)32)30(6,9-3)29(25,5)8-2/h12-19H,7-11H2,1-6H3/q+1. The largest absolute Gasteiger partial charge is 0.295 e. The van der Waals surface area contributed by atoms with Crippen LogP contribution < -0.4 is 4.40 Å². The average Bonchev–Trinajstić information content (AvgIpc) is 3.18. The van der Waals surface area contributed by atoms with E-state index in [-0.39, 0.29) is 16.8 Å². The molecule has 0 aliphatic carbocycles. The molecule has 1 aliphatic heterocycles. The fourth-order valence-electron chi connectivity index (χ4n) is 6.43. The van der Waals surface area contributed by atoms with Crippen LogP contribution in [0.1, 0.15) is 77.1 Å². The van der Waals surface area contributed by atoms with E-state index in [0.717, 1.165) is 48.6 Å². The van der Waals surface area contributed by atoms with Gasteiger partial charge in [0.25, 0.3) is 5.65 Å². The third-order valence-corrected chi connectivity index (χ3v) is 8.82. The molecule has 33 heavy (non-hydrogen) atoms. The monoisotopic (exact) mass is 443 g/mol. The van der Waals surface area contributed by atoms with Gasteiger partial charge in [0.2, 0.25) is 0 Å². The molecule has 0 bridgehead atoms. The van der Waals surface area contributed by atoms with Gasteiger partial charge in [-0.3, -0.25) is 0 Å². The number of unbranched alkanes of at least 4 members (excludes halogenated alkanes) is 1. The molecule has 0 saturated heterocycles. The first-order valence-corrected chi connectivity index (χ1v) is 12.6. The van der Waals surface area contributed by atoms with E-state index in [4.69, 9.17) is 0 Å². The zero-order valence-corrected chi connectivity index (χ0v) is 20.9. The van der Waals surface area contributed by atoms with Gasteiger partial charge in [-0.05, 0) is 67.5 Å². The van der Waals surface area contributed by atoms with Gasteiger partial charge in [0.05, 0.1) is 11.6 Å². The highest BCUT2D eigenvalue weighted by Gasteiger charge is 2.54. The Balaban J connectivity index is 1.88. The average molecular weight is 444 g/mol. The first-order chi connectivity index (χ1) is 15.8. The lowest BCUT2D eigenvalue weighted by Crippen LogP contribution is -2.52. The van der Waals surface area contributed by atoms with Crippen molar-refractivity contribution in [3.8, 4) is 11.1 Å². The van der Waals surface area contributed by atoms with E-state index in [2.05, 4.69) is 87.2 Å². The van der Waals surface area contributed by atoms with Crippen LogP contribution in [0.25, 0.3) is 27.5 Å². The third-order valence-electron chi connectivity index (χ3n) is 8.82. The number of rotatable bonds is 6. The maximum Gasteiger partial charge on any atom is 0.295 e. The molecule has 3 heterocycles. The summed E-state index contributed by atoms with van der Waals surface area (Å²) in [6.07, 6.45) is 9.75. The second-order valence-electron chi connectivity index (χ2n) is 10.3. The minimum atomic E-state index is -0.141. The summed E-state index contributed by atoms with van der Waals surface area (Å²) in [6, 6.07) is 12.3. The van der Waals surface area contributed by atoms with Crippen LogP contribution in [0.2, 0.25) is 0 Å². The van der Waals surface area contributed by atoms with Gasteiger partial charge in [0.15, 0.2) is 0 Å². The summed E-state index contributed by atoms with van der Waals surface area (Å²) < 4.78 is 20.0. The highest BCUT2D eigenvalue weighted by Crippen LogP contribution is 2.53. The molecule has 172 valence electrons. The van der Waals surface area contributed by atoms with Crippen molar-refractivity contribution in [2.24, 2.45) is 0 Å². The molecule has 2 aromatic carbocycles. The lowest BCUT2D eigenvalue weighted by atomic mass is 9.61. The number of aromatic nitrogens is 2. The predicted octanol–water partition coefficient (Wildman–Crippen LogP) is 7.64. The summed E-state index contributed by atoms with van der Waals surface area (Å²) >= 11 is 0. The molecule has 0 amide bonds. The molecule has 2 nitrogen and oxygen atoms in total. The van der Waals surface area contributed by atoms with Gasteiger partial charge in [0, 0.05) is 23.3 Å². The Morgan fingerprint density at radius 2 is 1.76 bits per heavy atom. The molecule has 2 aromatic heterocycles. The van der Waals surface area contributed by atoms with Crippen LogP contribution in [0.3, 0.4) is 0 Å². The zero-order chi connectivity index (χ0) is 23.5. The van der Waals surface area contributed by atoms with Crippen LogP contribution in [0.15, 0.2) is 48.8 Å². The van der Waals surface area contributed by atoms with Gasteiger partial charge in [-0.15, -0.1) is 0 Å². The third kappa shape index (κ3) is 2.87. The molecular weight excluding hydrogens is 407 g/mol. The molecule has 4 aromatic rings. The summed E-state index contributed by atoms with van der Waals surface area (Å²) in [5.41, 5.74) is 6.77. The topological polar surface area (TPSA) is 9.03 Å². The lowest BCUT2D eigenvalue weighted by molar-refractivity contribution is -0.510. The number of nitrogens with zero attached hydrogens (tertiary/aromatic N) is 2. The summed E-state index contributed by atoms with van der Waals surface area (Å²) in [6.45, 7) is 13.9. The van der Waals surface area contributed by atoms with Gasteiger partial charge in [-0.2, -0.15) is 0 Å². The van der Waals surface area contributed by atoms with Crippen LogP contribution in [0.5, 0.6) is 0 Å². The van der Waals surface area contributed by atoms with Crippen molar-refractivity contribution in [2.45, 2.75) is 84.6 Å². The lowest BCUT2D eigenvalue weighted by Gasteiger charge is -2.47. The van der Waals surface area contributed by atoms with Gasteiger partial charge in [-0.1, -0.05) is 52.3 Å². The van der Waals surface area contributed by atoms with Crippen molar-refractivity contribution in [2.75, 3.05) is 0 Å². The molecule has 1 aliphatic rings. The number of halogens is 1. The van der Waals surface area contributed by atoms with Crippen molar-refractivity contribution >= 4 is 16.4 Å². The highest BCUT2D eigenvalue weighted by atomic mass is 19.1. The molecule has 0 spiro atoms. The maximum absolute atomic E-state index is 15.2. The van der Waals surface area contributed by atoms with E-state index in [9.17, 15) is 0 Å². The van der Waals surface area contributed by atoms with E-state index in [0.29, 0.717) is 0 Å². The zero-order valence-electron chi connectivity index (χ0n) is 20.9. The van der Waals surface area contributed by atoms with E-state index in [1.165, 1.54) is 27.9 Å². The molecular formula is C30H36FN2+. The van der Waals surface area contributed by atoms with Gasteiger partial charge < -0.3 is 0 Å². The molecule has 0 N–H and O–H groups in total. The van der Waals surface area contributed by atoms with E-state index in [1.807, 2.05) is 6.07 Å². The Hall–Kier alpha value is -2.68. The molecule has 2 unspecified atom stereocenters. The van der Waals surface area contributed by atoms with Crippen molar-refractivity contribution in [1.29, 1.82) is 0 Å². The van der Waals surface area contributed by atoms with Crippen molar-refractivity contribution < 1.29 is 8.79 Å². The molecule has 0 saturated carbocycles. The van der Waals surface area contributed by atoms with Gasteiger partial charge in [-0.25, -0.2) is 13.4 Å². The summed E-state index contributed by atoms with van der Waals surface area (Å²) in [5.74, 6) is -0.141. The van der Waals surface area contributed by atoms with Crippen molar-refractivity contribution in [1.82, 2.24) is 4.57 Å². The summed E-state index contributed by atoms with van der Waals surface area (Å²) in [5, 5.41) is 2.42. The van der Waals surface area contributed by atoms with E-state index >= 15 is 4.39 Å². The predicted molar refractivity (Wildman–Crippen MR) is 135 cm³/mol. The smallest absolute Gasteiger partial charge is 0.221 e. The van der Waals surface area contributed by atoms with Crippen molar-refractivity contribution in [3.63, 3.8) is 0 Å². The second-order valence-corrected chi connectivity index (χ2v) is 10.3. The number of imidazole rings is 1. The Morgan fingerprint density at radius 3 is 2.45 bits per heavy atom. The minimum absolute atomic E-state index is 0.0222. The highest BCUT2D eigenvalue weighted by molar-refractivity contribution is 6.05. The fourth-order valence-corrected chi connectivity index (χ4v) is 6.43. The summed E-state index contributed by atoms with van der Waals surface area (Å²) in [7, 11) is 0. The van der Waals surface area contributed by atoms with Crippen LogP contribution in [0.4, 0.5) is 4.39 Å². The number of benzene rings is 2. The maximum atomic E-state index is 15.2. The molecule has 2 atom stereocenters. The quantitative estimate of drug-likeness (QED) is 0.271. The molecule has 3 heteroatoms. The Morgan fingerprint density at radius 1 is 0.970 bits per heavy atom. The normalized spacial score (nSPS) is 22.0. The van der Waals surface area contributed by atoms with Crippen LogP contribution in [0, 0.1) is 12.7 Å². The van der Waals surface area contributed by atoms with Gasteiger partial charge in [0.1, 0.15) is 23.2 Å². The van der Waals surface area contributed by atoms with Crippen LogP contribution >= 0.6 is 0 Å². The number of pyridine rings is 1. The Bertz CT molecular complexity index is 1380. The van der Waals surface area contributed by atoms with Gasteiger partial charge >= 0.3 is 0 Å². The van der Waals surface area contributed by atoms with Crippen LogP contribution in [-0.4, -0.2) is 4.57 Å². The van der Waals surface area contributed by atoms with Crippen molar-refractivity contribution in [3.05, 3.63) is 71.4 Å². The summed E-state index contributed by atoms with van der Waals surface area (Å²) in [4.78, 5) is 0. The fraction of sp³-hybridized carbons (Fsp3) is 0.433. The minimum Gasteiger partial charge on any atom is -0.221 e. The number of aryl methyl sites for hydroxylation is 2. The molecule has 5 rings (SSSR count). The second kappa shape index (κ2) is 7.68. The SMILES string of the molecule is CCCCc1ccc(F)c(-c2ccc3c4c2cc[n+]2cc(C)n(c42)C(C)(CC)C3(C)CC)c1.